The largest absolute Gasteiger partial charge is 0.435 e. The number of hydrogen-bond acceptors (Lipinski definition) is 3. The van der Waals surface area contributed by atoms with Crippen LogP contribution in [0.25, 0.3) is 5.69 Å². The highest BCUT2D eigenvalue weighted by Gasteiger charge is 2.39. The summed E-state index contributed by atoms with van der Waals surface area (Å²) in [5, 5.41) is 8.52. The Bertz CT molecular complexity index is 725. The molecule has 1 unspecified atom stereocenters. The quantitative estimate of drug-likeness (QED) is 0.886. The first-order chi connectivity index (χ1) is 11.9. The molecule has 1 aromatic heterocycles. The lowest BCUT2D eigenvalue weighted by atomic mass is 10.2. The smallest absolute Gasteiger partial charge is 0.376 e. The van der Waals surface area contributed by atoms with Gasteiger partial charge in [-0.3, -0.25) is 0 Å². The molecule has 2 N–H and O–H groups in total. The molecule has 0 saturated carbocycles. The second-order valence-electron chi connectivity index (χ2n) is 5.62. The fourth-order valence-electron chi connectivity index (χ4n) is 2.66. The van der Waals surface area contributed by atoms with Gasteiger partial charge in [0.25, 0.3) is 0 Å². The number of nitrogens with one attached hydrogen (secondary N) is 2. The summed E-state index contributed by atoms with van der Waals surface area (Å²) in [6.07, 6.45) is -2.05. The first-order valence-corrected chi connectivity index (χ1v) is 7.82. The normalized spacial score (nSPS) is 17.5. The van der Waals surface area contributed by atoms with Crippen LogP contribution in [-0.4, -0.2) is 35.1 Å². The zero-order chi connectivity index (χ0) is 17.9. The van der Waals surface area contributed by atoms with Gasteiger partial charge in [-0.15, -0.1) is 0 Å². The average Bonchev–Trinajstić information content (AvgIpc) is 3.23. The summed E-state index contributed by atoms with van der Waals surface area (Å²) >= 11 is 0. The predicted octanol–water partition coefficient (Wildman–Crippen LogP) is 3.19. The third-order valence-electron chi connectivity index (χ3n) is 3.80. The summed E-state index contributed by atoms with van der Waals surface area (Å²) in [5.74, 6) is 0. The van der Waals surface area contributed by atoms with Crippen LogP contribution < -0.4 is 10.6 Å². The van der Waals surface area contributed by atoms with Gasteiger partial charge in [0.1, 0.15) is 0 Å². The summed E-state index contributed by atoms with van der Waals surface area (Å²) in [7, 11) is 0. The van der Waals surface area contributed by atoms with E-state index < -0.39 is 23.6 Å². The Balaban J connectivity index is 1.76. The highest BCUT2D eigenvalue weighted by molar-refractivity contribution is 5.90. The standard InChI is InChI=1S/C16H17F3N4O2/c17-16(18,19)14-13(10-21-23(14)11-5-2-1-3-6-11)22-15(24)20-9-12-7-4-8-25-12/h1-3,5-6,10,12H,4,7-9H2,(H2,20,22,24). The van der Waals surface area contributed by atoms with E-state index in [1.807, 2.05) is 0 Å². The molecule has 9 heteroatoms. The molecule has 1 aliphatic heterocycles. The molecule has 2 amide bonds. The van der Waals surface area contributed by atoms with Gasteiger partial charge in [0, 0.05) is 13.2 Å². The van der Waals surface area contributed by atoms with Crippen LogP contribution in [-0.2, 0) is 10.9 Å². The van der Waals surface area contributed by atoms with Crippen LogP contribution in [0.4, 0.5) is 23.7 Å². The number of urea groups is 1. The number of aromatic nitrogens is 2. The zero-order valence-corrected chi connectivity index (χ0v) is 13.2. The van der Waals surface area contributed by atoms with Crippen LogP contribution in [0.2, 0.25) is 0 Å². The van der Waals surface area contributed by atoms with Gasteiger partial charge in [0.05, 0.1) is 23.7 Å². The molecule has 1 atom stereocenters. The minimum Gasteiger partial charge on any atom is -0.376 e. The van der Waals surface area contributed by atoms with Crippen LogP contribution in [0.1, 0.15) is 18.5 Å². The van der Waals surface area contributed by atoms with Crippen LogP contribution >= 0.6 is 0 Å². The van der Waals surface area contributed by atoms with E-state index in [0.29, 0.717) is 6.61 Å². The Morgan fingerprint density at radius 3 is 2.72 bits per heavy atom. The van der Waals surface area contributed by atoms with Gasteiger partial charge in [-0.05, 0) is 25.0 Å². The summed E-state index contributed by atoms with van der Waals surface area (Å²) < 4.78 is 46.5. The molecular formula is C16H17F3N4O2. The third kappa shape index (κ3) is 4.11. The van der Waals surface area contributed by atoms with E-state index in [4.69, 9.17) is 4.74 Å². The number of alkyl halides is 3. The third-order valence-corrected chi connectivity index (χ3v) is 3.80. The molecule has 0 bridgehead atoms. The van der Waals surface area contributed by atoms with Crippen molar-refractivity contribution in [1.29, 1.82) is 0 Å². The fraction of sp³-hybridized carbons (Fsp3) is 0.375. The van der Waals surface area contributed by atoms with Crippen molar-refractivity contribution in [3.63, 3.8) is 0 Å². The van der Waals surface area contributed by atoms with Gasteiger partial charge in [0.2, 0.25) is 0 Å². The number of anilines is 1. The van der Waals surface area contributed by atoms with Crippen molar-refractivity contribution in [2.45, 2.75) is 25.1 Å². The maximum absolute atomic E-state index is 13.5. The number of ether oxygens (including phenoxy) is 1. The van der Waals surface area contributed by atoms with Crippen molar-refractivity contribution in [2.24, 2.45) is 0 Å². The highest BCUT2D eigenvalue weighted by Crippen LogP contribution is 2.36. The van der Waals surface area contributed by atoms with E-state index in [1.165, 1.54) is 12.1 Å². The summed E-state index contributed by atoms with van der Waals surface area (Å²) in [6.45, 7) is 0.885. The maximum Gasteiger partial charge on any atom is 0.435 e. The molecule has 3 rings (SSSR count). The van der Waals surface area contributed by atoms with Crippen LogP contribution in [0.15, 0.2) is 36.5 Å². The van der Waals surface area contributed by atoms with E-state index in [1.54, 1.807) is 18.2 Å². The Morgan fingerprint density at radius 2 is 2.08 bits per heavy atom. The van der Waals surface area contributed by atoms with Crippen molar-refractivity contribution < 1.29 is 22.7 Å². The minimum atomic E-state index is -4.68. The molecule has 25 heavy (non-hydrogen) atoms. The highest BCUT2D eigenvalue weighted by atomic mass is 19.4. The molecule has 2 heterocycles. The van der Waals surface area contributed by atoms with Crippen LogP contribution in [0.5, 0.6) is 0 Å². The van der Waals surface area contributed by atoms with Gasteiger partial charge in [0.15, 0.2) is 5.69 Å². The number of nitrogens with zero attached hydrogens (tertiary/aromatic N) is 2. The van der Waals surface area contributed by atoms with Gasteiger partial charge in [-0.2, -0.15) is 18.3 Å². The molecule has 1 saturated heterocycles. The number of para-hydroxylation sites is 1. The Labute approximate surface area is 142 Å². The van der Waals surface area contributed by atoms with E-state index in [0.717, 1.165) is 23.7 Å². The number of carbonyl (C=O) groups is 1. The number of rotatable bonds is 4. The molecular weight excluding hydrogens is 337 g/mol. The number of hydrogen-bond donors (Lipinski definition) is 2. The van der Waals surface area contributed by atoms with Crippen molar-refractivity contribution >= 4 is 11.7 Å². The molecule has 0 radical (unpaired) electrons. The minimum absolute atomic E-state index is 0.0973. The van der Waals surface area contributed by atoms with Gasteiger partial charge < -0.3 is 15.4 Å². The van der Waals surface area contributed by atoms with Gasteiger partial charge in [-0.1, -0.05) is 18.2 Å². The second-order valence-corrected chi connectivity index (χ2v) is 5.62. The molecule has 1 fully saturated rings. The summed E-state index contributed by atoms with van der Waals surface area (Å²) in [5.41, 5.74) is -1.19. The Hall–Kier alpha value is -2.55. The van der Waals surface area contributed by atoms with Crippen molar-refractivity contribution in [3.05, 3.63) is 42.2 Å². The maximum atomic E-state index is 13.5. The average molecular weight is 354 g/mol. The zero-order valence-electron chi connectivity index (χ0n) is 13.2. The predicted molar refractivity (Wildman–Crippen MR) is 84.6 cm³/mol. The van der Waals surface area contributed by atoms with Gasteiger partial charge >= 0.3 is 12.2 Å². The van der Waals surface area contributed by atoms with Crippen molar-refractivity contribution in [2.75, 3.05) is 18.5 Å². The lowest BCUT2D eigenvalue weighted by Gasteiger charge is -2.14. The monoisotopic (exact) mass is 354 g/mol. The van der Waals surface area contributed by atoms with E-state index >= 15 is 0 Å². The fourth-order valence-corrected chi connectivity index (χ4v) is 2.66. The molecule has 2 aromatic rings. The van der Waals surface area contributed by atoms with E-state index in [9.17, 15) is 18.0 Å². The van der Waals surface area contributed by atoms with E-state index in [2.05, 4.69) is 15.7 Å². The molecule has 0 aliphatic carbocycles. The van der Waals surface area contributed by atoms with Crippen LogP contribution in [0, 0.1) is 0 Å². The van der Waals surface area contributed by atoms with Crippen LogP contribution in [0.3, 0.4) is 0 Å². The first kappa shape index (κ1) is 17.3. The topological polar surface area (TPSA) is 68.2 Å². The molecule has 134 valence electrons. The van der Waals surface area contributed by atoms with Gasteiger partial charge in [-0.25, -0.2) is 9.48 Å². The lowest BCUT2D eigenvalue weighted by molar-refractivity contribution is -0.142. The number of benzene rings is 1. The Morgan fingerprint density at radius 1 is 1.32 bits per heavy atom. The SMILES string of the molecule is O=C(NCC1CCCO1)Nc1cnn(-c2ccccc2)c1C(F)(F)F. The van der Waals surface area contributed by atoms with Crippen molar-refractivity contribution in [3.8, 4) is 5.69 Å². The number of halogens is 3. The summed E-state index contributed by atoms with van der Waals surface area (Å²) in [6, 6.07) is 7.19. The number of amides is 2. The molecule has 1 aliphatic rings. The second kappa shape index (κ2) is 7.14. The number of carbonyl (C=O) groups excluding carboxylic acids is 1. The molecule has 6 nitrogen and oxygen atoms in total. The molecule has 1 aromatic carbocycles. The lowest BCUT2D eigenvalue weighted by Crippen LogP contribution is -2.35. The summed E-state index contributed by atoms with van der Waals surface area (Å²) in [4.78, 5) is 11.9. The Kier molecular flexibility index (Phi) is 4.93. The molecule has 0 spiro atoms. The van der Waals surface area contributed by atoms with Crippen molar-refractivity contribution in [1.82, 2.24) is 15.1 Å². The first-order valence-electron chi connectivity index (χ1n) is 7.82. The van der Waals surface area contributed by atoms with E-state index in [-0.39, 0.29) is 18.3 Å².